The van der Waals surface area contributed by atoms with Crippen LogP contribution in [0.5, 0.6) is 11.5 Å². The fourth-order valence-corrected chi connectivity index (χ4v) is 2.22. The Hall–Kier alpha value is -1.71. The highest BCUT2D eigenvalue weighted by atomic mass is 35.5. The number of nitrogens with one attached hydrogen (secondary N) is 1. The van der Waals surface area contributed by atoms with Gasteiger partial charge in [-0.2, -0.15) is 0 Å². The summed E-state index contributed by atoms with van der Waals surface area (Å²) in [5, 5.41) is 4.13. The van der Waals surface area contributed by atoms with Crippen LogP contribution in [0.2, 0.25) is 5.02 Å². The normalized spacial score (nSPS) is 10.3. The second-order valence-electron chi connectivity index (χ2n) is 4.41. The largest absolute Gasteiger partial charge is 0.497 e. The number of benzene rings is 2. The maximum Gasteiger partial charge on any atom is 0.123 e. The summed E-state index contributed by atoms with van der Waals surface area (Å²) in [4.78, 5) is 0. The molecule has 0 bridgehead atoms. The Kier molecular flexibility index (Phi) is 5.27. The van der Waals surface area contributed by atoms with E-state index in [0.29, 0.717) is 6.54 Å². The summed E-state index contributed by atoms with van der Waals surface area (Å²) < 4.78 is 10.6. The molecule has 106 valence electrons. The van der Waals surface area contributed by atoms with Gasteiger partial charge in [0.1, 0.15) is 11.5 Å². The molecule has 4 heteroatoms. The fraction of sp³-hybridized carbons (Fsp3) is 0.250. The average Bonchev–Trinajstić information content (AvgIpc) is 2.47. The molecule has 0 aliphatic heterocycles. The second-order valence-corrected chi connectivity index (χ2v) is 4.85. The van der Waals surface area contributed by atoms with Crippen LogP contribution >= 0.6 is 11.6 Å². The van der Waals surface area contributed by atoms with Crippen molar-refractivity contribution in [1.29, 1.82) is 0 Å². The average molecular weight is 292 g/mol. The van der Waals surface area contributed by atoms with E-state index in [4.69, 9.17) is 21.1 Å². The summed E-state index contributed by atoms with van der Waals surface area (Å²) in [5.74, 6) is 1.68. The van der Waals surface area contributed by atoms with Crippen LogP contribution in [0.25, 0.3) is 0 Å². The van der Waals surface area contributed by atoms with Crippen molar-refractivity contribution in [3.63, 3.8) is 0 Å². The second kappa shape index (κ2) is 7.17. The molecule has 0 aliphatic carbocycles. The zero-order valence-electron chi connectivity index (χ0n) is 11.7. The van der Waals surface area contributed by atoms with Crippen LogP contribution in [-0.4, -0.2) is 14.2 Å². The molecule has 0 unspecified atom stereocenters. The van der Waals surface area contributed by atoms with E-state index in [1.54, 1.807) is 14.2 Å². The first-order valence-electron chi connectivity index (χ1n) is 6.39. The zero-order chi connectivity index (χ0) is 14.4. The predicted octanol–water partition coefficient (Wildman–Crippen LogP) is 3.65. The first-order valence-corrected chi connectivity index (χ1v) is 6.77. The summed E-state index contributed by atoms with van der Waals surface area (Å²) in [6.07, 6.45) is 0. The Morgan fingerprint density at radius 2 is 1.85 bits per heavy atom. The quantitative estimate of drug-likeness (QED) is 0.881. The van der Waals surface area contributed by atoms with Gasteiger partial charge in [0.05, 0.1) is 14.2 Å². The van der Waals surface area contributed by atoms with E-state index < -0.39 is 0 Å². The number of halogens is 1. The Labute approximate surface area is 124 Å². The zero-order valence-corrected chi connectivity index (χ0v) is 12.4. The molecule has 0 aliphatic rings. The minimum Gasteiger partial charge on any atom is -0.497 e. The molecule has 2 rings (SSSR count). The van der Waals surface area contributed by atoms with Gasteiger partial charge in [-0.15, -0.1) is 0 Å². The van der Waals surface area contributed by atoms with Gasteiger partial charge in [-0.1, -0.05) is 23.7 Å². The molecule has 0 fully saturated rings. The molecule has 0 aromatic heterocycles. The first kappa shape index (κ1) is 14.7. The lowest BCUT2D eigenvalue weighted by atomic mass is 10.1. The Bertz CT molecular complexity index is 572. The van der Waals surface area contributed by atoms with E-state index in [-0.39, 0.29) is 0 Å². The third-order valence-electron chi connectivity index (χ3n) is 3.02. The standard InChI is InChI=1S/C16H18ClNO2/c1-19-15-6-7-16(20-2)13(9-15)11-18-10-12-4-3-5-14(17)8-12/h3-9,18H,10-11H2,1-2H3. The van der Waals surface area contributed by atoms with Crippen molar-refractivity contribution >= 4 is 11.6 Å². The molecule has 0 saturated carbocycles. The molecular formula is C16H18ClNO2. The maximum absolute atomic E-state index is 5.96. The minimum absolute atomic E-state index is 0.701. The molecule has 0 radical (unpaired) electrons. The van der Waals surface area contributed by atoms with E-state index in [1.165, 1.54) is 0 Å². The monoisotopic (exact) mass is 291 g/mol. The van der Waals surface area contributed by atoms with Crippen molar-refractivity contribution in [2.45, 2.75) is 13.1 Å². The molecule has 0 amide bonds. The van der Waals surface area contributed by atoms with E-state index in [0.717, 1.165) is 34.2 Å². The molecule has 20 heavy (non-hydrogen) atoms. The van der Waals surface area contributed by atoms with Crippen LogP contribution in [0, 0.1) is 0 Å². The van der Waals surface area contributed by atoms with Crippen LogP contribution in [0.15, 0.2) is 42.5 Å². The summed E-state index contributed by atoms with van der Waals surface area (Å²) in [6, 6.07) is 13.6. The third-order valence-corrected chi connectivity index (χ3v) is 3.26. The number of ether oxygens (including phenoxy) is 2. The summed E-state index contributed by atoms with van der Waals surface area (Å²) in [5.41, 5.74) is 2.22. The third kappa shape index (κ3) is 3.89. The molecule has 3 nitrogen and oxygen atoms in total. The highest BCUT2D eigenvalue weighted by molar-refractivity contribution is 6.30. The Morgan fingerprint density at radius 1 is 1.00 bits per heavy atom. The highest BCUT2D eigenvalue weighted by Crippen LogP contribution is 2.23. The number of rotatable bonds is 6. The molecule has 2 aromatic carbocycles. The molecule has 0 spiro atoms. The van der Waals surface area contributed by atoms with Crippen molar-refractivity contribution in [2.24, 2.45) is 0 Å². The minimum atomic E-state index is 0.701. The summed E-state index contributed by atoms with van der Waals surface area (Å²) >= 11 is 5.96. The summed E-state index contributed by atoms with van der Waals surface area (Å²) in [6.45, 7) is 1.45. The van der Waals surface area contributed by atoms with Gasteiger partial charge in [0, 0.05) is 23.7 Å². The Morgan fingerprint density at radius 3 is 2.55 bits per heavy atom. The lowest BCUT2D eigenvalue weighted by molar-refractivity contribution is 0.397. The summed E-state index contributed by atoms with van der Waals surface area (Å²) in [7, 11) is 3.33. The van der Waals surface area contributed by atoms with Crippen molar-refractivity contribution in [3.8, 4) is 11.5 Å². The number of hydrogen-bond donors (Lipinski definition) is 1. The Balaban J connectivity index is 1.99. The maximum atomic E-state index is 5.96. The van der Waals surface area contributed by atoms with Gasteiger partial charge in [0.15, 0.2) is 0 Å². The van der Waals surface area contributed by atoms with Gasteiger partial charge in [-0.25, -0.2) is 0 Å². The predicted molar refractivity (Wildman–Crippen MR) is 81.5 cm³/mol. The van der Waals surface area contributed by atoms with Crippen molar-refractivity contribution in [1.82, 2.24) is 5.32 Å². The number of hydrogen-bond acceptors (Lipinski definition) is 3. The fourth-order valence-electron chi connectivity index (χ4n) is 2.01. The van der Waals surface area contributed by atoms with E-state index in [1.807, 2.05) is 42.5 Å². The number of methoxy groups -OCH3 is 2. The molecule has 0 atom stereocenters. The van der Waals surface area contributed by atoms with Gasteiger partial charge < -0.3 is 14.8 Å². The van der Waals surface area contributed by atoms with Crippen molar-refractivity contribution in [2.75, 3.05) is 14.2 Å². The van der Waals surface area contributed by atoms with Crippen LogP contribution in [0.3, 0.4) is 0 Å². The van der Waals surface area contributed by atoms with Gasteiger partial charge in [-0.3, -0.25) is 0 Å². The lowest BCUT2D eigenvalue weighted by Crippen LogP contribution is -2.13. The van der Waals surface area contributed by atoms with E-state index in [2.05, 4.69) is 5.32 Å². The SMILES string of the molecule is COc1ccc(OC)c(CNCc2cccc(Cl)c2)c1. The van der Waals surface area contributed by atoms with Crippen molar-refractivity contribution < 1.29 is 9.47 Å². The molecule has 1 N–H and O–H groups in total. The van der Waals surface area contributed by atoms with Gasteiger partial charge in [0.25, 0.3) is 0 Å². The lowest BCUT2D eigenvalue weighted by Gasteiger charge is -2.11. The molecule has 0 saturated heterocycles. The highest BCUT2D eigenvalue weighted by Gasteiger charge is 2.04. The molecule has 0 heterocycles. The molecular weight excluding hydrogens is 274 g/mol. The van der Waals surface area contributed by atoms with Crippen LogP contribution in [-0.2, 0) is 13.1 Å². The van der Waals surface area contributed by atoms with E-state index >= 15 is 0 Å². The van der Waals surface area contributed by atoms with Crippen LogP contribution in [0.1, 0.15) is 11.1 Å². The topological polar surface area (TPSA) is 30.5 Å². The van der Waals surface area contributed by atoms with Crippen molar-refractivity contribution in [3.05, 3.63) is 58.6 Å². The van der Waals surface area contributed by atoms with E-state index in [9.17, 15) is 0 Å². The van der Waals surface area contributed by atoms with Gasteiger partial charge in [-0.05, 0) is 35.9 Å². The smallest absolute Gasteiger partial charge is 0.123 e. The van der Waals surface area contributed by atoms with Gasteiger partial charge >= 0.3 is 0 Å². The molecule has 2 aromatic rings. The first-order chi connectivity index (χ1) is 9.72. The van der Waals surface area contributed by atoms with Crippen LogP contribution in [0.4, 0.5) is 0 Å². The van der Waals surface area contributed by atoms with Crippen LogP contribution < -0.4 is 14.8 Å². The van der Waals surface area contributed by atoms with Gasteiger partial charge in [0.2, 0.25) is 0 Å².